The molecule has 3 aromatic rings. The molecule has 1 aromatic carbocycles. The van der Waals surface area contributed by atoms with Gasteiger partial charge in [-0.15, -0.1) is 0 Å². The van der Waals surface area contributed by atoms with Crippen LogP contribution in [0.1, 0.15) is 80.0 Å². The number of pyridine rings is 1. The minimum atomic E-state index is 0.0646. The van der Waals surface area contributed by atoms with Gasteiger partial charge in [0.15, 0.2) is 0 Å². The fourth-order valence-corrected chi connectivity index (χ4v) is 5.96. The average Bonchev–Trinajstić information content (AvgIpc) is 3.18. The first-order chi connectivity index (χ1) is 16.6. The maximum Gasteiger partial charge on any atom is 0.253 e. The number of aromatic nitrogens is 2. The number of benzene rings is 1. The van der Waals surface area contributed by atoms with Crippen LogP contribution >= 0.6 is 0 Å². The van der Waals surface area contributed by atoms with Gasteiger partial charge in [-0.05, 0) is 100 Å². The zero-order valence-electron chi connectivity index (χ0n) is 22.5. The highest BCUT2D eigenvalue weighted by Crippen LogP contribution is 2.41. The van der Waals surface area contributed by atoms with Crippen molar-refractivity contribution in [3.63, 3.8) is 0 Å². The summed E-state index contributed by atoms with van der Waals surface area (Å²) in [7, 11) is 5.76. The molecule has 0 unspecified atom stereocenters. The Morgan fingerprint density at radius 2 is 1.80 bits per heavy atom. The van der Waals surface area contributed by atoms with Crippen molar-refractivity contribution in [1.82, 2.24) is 14.5 Å². The van der Waals surface area contributed by atoms with E-state index in [2.05, 4.69) is 44.0 Å². The Morgan fingerprint density at radius 3 is 2.43 bits per heavy atom. The molecule has 2 aromatic heterocycles. The minimum Gasteiger partial charge on any atom is -0.354 e. The van der Waals surface area contributed by atoms with E-state index in [1.54, 1.807) is 4.57 Å². The van der Waals surface area contributed by atoms with Gasteiger partial charge in [-0.2, -0.15) is 0 Å². The Morgan fingerprint density at radius 1 is 1.11 bits per heavy atom. The lowest BCUT2D eigenvalue weighted by Crippen LogP contribution is -2.25. The highest BCUT2D eigenvalue weighted by molar-refractivity contribution is 5.92. The second-order valence-corrected chi connectivity index (χ2v) is 11.3. The van der Waals surface area contributed by atoms with Crippen molar-refractivity contribution in [3.8, 4) is 11.3 Å². The molecule has 0 radical (unpaired) electrons. The second-order valence-electron chi connectivity index (χ2n) is 11.3. The predicted octanol–water partition coefficient (Wildman–Crippen LogP) is 6.07. The number of rotatable bonds is 7. The van der Waals surface area contributed by atoms with Crippen molar-refractivity contribution >= 4 is 16.7 Å². The predicted molar refractivity (Wildman–Crippen MR) is 145 cm³/mol. The van der Waals surface area contributed by atoms with Gasteiger partial charge >= 0.3 is 0 Å². The van der Waals surface area contributed by atoms with Gasteiger partial charge in [0.2, 0.25) is 0 Å². The number of hydrogen-bond acceptors (Lipinski definition) is 3. The lowest BCUT2D eigenvalue weighted by Gasteiger charge is -2.29. The number of nitrogens with zero attached hydrogens (tertiary/aromatic N) is 2. The van der Waals surface area contributed by atoms with Crippen LogP contribution in [0.5, 0.6) is 0 Å². The average molecular weight is 476 g/mol. The van der Waals surface area contributed by atoms with Crippen molar-refractivity contribution in [1.29, 1.82) is 0 Å². The van der Waals surface area contributed by atoms with Crippen LogP contribution in [0.15, 0.2) is 29.2 Å². The highest BCUT2D eigenvalue weighted by atomic mass is 16.1. The zero-order valence-corrected chi connectivity index (χ0v) is 22.5. The van der Waals surface area contributed by atoms with Crippen LogP contribution in [0.2, 0.25) is 0 Å². The van der Waals surface area contributed by atoms with E-state index in [1.807, 2.05) is 39.2 Å². The summed E-state index contributed by atoms with van der Waals surface area (Å²) in [5, 5.41) is 1.29. The zero-order chi connectivity index (χ0) is 25.4. The van der Waals surface area contributed by atoms with E-state index in [4.69, 9.17) is 0 Å². The molecule has 0 spiro atoms. The third-order valence-electron chi connectivity index (χ3n) is 7.97. The smallest absolute Gasteiger partial charge is 0.253 e. The summed E-state index contributed by atoms with van der Waals surface area (Å²) in [6.07, 6.45) is 7.27. The molecule has 1 fully saturated rings. The van der Waals surface area contributed by atoms with Gasteiger partial charge in [-0.1, -0.05) is 19.9 Å². The van der Waals surface area contributed by atoms with Crippen LogP contribution in [-0.4, -0.2) is 40.9 Å². The molecule has 1 N–H and O–H groups in total. The molecule has 0 aliphatic heterocycles. The molecular weight excluding hydrogens is 434 g/mol. The lowest BCUT2D eigenvalue weighted by atomic mass is 9.76. The van der Waals surface area contributed by atoms with Crippen molar-refractivity contribution in [2.75, 3.05) is 20.6 Å². The first kappa shape index (κ1) is 25.4. The molecule has 188 valence electrons. The molecule has 1 aliphatic rings. The summed E-state index contributed by atoms with van der Waals surface area (Å²) in [5.74, 6) is 1.80. The molecule has 0 amide bonds. The van der Waals surface area contributed by atoms with E-state index in [0.717, 1.165) is 60.0 Å². The third kappa shape index (κ3) is 5.16. The molecule has 1 saturated carbocycles. The molecule has 0 bridgehead atoms. The highest BCUT2D eigenvalue weighted by Gasteiger charge is 2.26. The summed E-state index contributed by atoms with van der Waals surface area (Å²) < 4.78 is 1.69. The summed E-state index contributed by atoms with van der Waals surface area (Å²) in [6, 6.07) is 6.92. The molecule has 1 aliphatic carbocycles. The molecule has 0 atom stereocenters. The molecule has 4 rings (SSSR count). The fraction of sp³-hybridized carbons (Fsp3) is 0.533. The number of ketones is 1. The molecule has 2 heterocycles. The van der Waals surface area contributed by atoms with E-state index in [9.17, 15) is 9.59 Å². The van der Waals surface area contributed by atoms with Crippen molar-refractivity contribution in [2.45, 2.75) is 71.6 Å². The van der Waals surface area contributed by atoms with Crippen LogP contribution in [0.25, 0.3) is 22.2 Å². The summed E-state index contributed by atoms with van der Waals surface area (Å²) in [4.78, 5) is 30.4. The van der Waals surface area contributed by atoms with Crippen LogP contribution in [0.4, 0.5) is 0 Å². The van der Waals surface area contributed by atoms with Gasteiger partial charge < -0.3 is 14.5 Å². The van der Waals surface area contributed by atoms with E-state index < -0.39 is 0 Å². The number of carbonyl (C=O) groups excluding carboxylic acids is 1. The number of Topliss-reactive ketones (excluding diaryl/α,β-unsaturated/α-hetero) is 1. The first-order valence-corrected chi connectivity index (χ1v) is 13.1. The third-order valence-corrected chi connectivity index (χ3v) is 7.97. The minimum absolute atomic E-state index is 0.0646. The van der Waals surface area contributed by atoms with Crippen molar-refractivity contribution in [2.24, 2.45) is 13.0 Å². The Kier molecular flexibility index (Phi) is 7.37. The van der Waals surface area contributed by atoms with Gasteiger partial charge in [0.25, 0.3) is 5.56 Å². The number of hydrogen-bond donors (Lipinski definition) is 1. The Balaban J connectivity index is 1.63. The second kappa shape index (κ2) is 10.1. The molecular formula is C30H41N3O2. The monoisotopic (exact) mass is 475 g/mol. The van der Waals surface area contributed by atoms with E-state index >= 15 is 0 Å². The SMILES string of the molecule is Cc1c(-c2[nH]c3ccc(C4CCC(CC(=O)CN(C)C)CC4)cc3c2C(C)C)cn(C)c(=O)c1C. The number of aromatic amines is 1. The summed E-state index contributed by atoms with van der Waals surface area (Å²) in [6.45, 7) is 9.02. The van der Waals surface area contributed by atoms with E-state index in [-0.39, 0.29) is 5.56 Å². The number of H-pyrrole nitrogens is 1. The van der Waals surface area contributed by atoms with Crippen molar-refractivity contribution < 1.29 is 4.79 Å². The Labute approximate surface area is 209 Å². The quantitative estimate of drug-likeness (QED) is 0.451. The maximum atomic E-state index is 12.4. The molecule has 5 nitrogen and oxygen atoms in total. The van der Waals surface area contributed by atoms with Crippen LogP contribution < -0.4 is 5.56 Å². The van der Waals surface area contributed by atoms with Gasteiger partial charge in [-0.25, -0.2) is 0 Å². The standard InChI is InChI=1S/C30H41N3O2/c1-18(2)28-25-15-23(22-10-8-21(9-11-22)14-24(34)16-32(5)6)12-13-27(25)31-29(28)26-17-33(7)30(35)20(4)19(26)3/h12-13,15,17-18,21-22,31H,8-11,14,16H2,1-7H3. The van der Waals surface area contributed by atoms with Gasteiger partial charge in [0.05, 0.1) is 12.2 Å². The molecule has 35 heavy (non-hydrogen) atoms. The largest absolute Gasteiger partial charge is 0.354 e. The van der Waals surface area contributed by atoms with Crippen LogP contribution in [0, 0.1) is 19.8 Å². The Bertz CT molecular complexity index is 1290. The topological polar surface area (TPSA) is 58.1 Å². The van der Waals surface area contributed by atoms with Gasteiger partial charge in [0, 0.05) is 41.7 Å². The van der Waals surface area contributed by atoms with E-state index in [1.165, 1.54) is 16.5 Å². The first-order valence-electron chi connectivity index (χ1n) is 13.1. The number of aryl methyl sites for hydroxylation is 1. The number of fused-ring (bicyclic) bond motifs is 1. The molecule has 0 saturated heterocycles. The Hall–Kier alpha value is -2.66. The number of carbonyl (C=O) groups is 1. The van der Waals surface area contributed by atoms with E-state index in [0.29, 0.717) is 30.1 Å². The maximum absolute atomic E-state index is 12.4. The van der Waals surface area contributed by atoms with Gasteiger partial charge in [0.1, 0.15) is 5.78 Å². The fourth-order valence-electron chi connectivity index (χ4n) is 5.96. The van der Waals surface area contributed by atoms with Crippen LogP contribution in [-0.2, 0) is 11.8 Å². The number of likely N-dealkylation sites (N-methyl/N-ethyl adjacent to an activating group) is 1. The molecule has 5 heteroatoms. The van der Waals surface area contributed by atoms with Crippen molar-refractivity contribution in [3.05, 3.63) is 57.0 Å². The normalized spacial score (nSPS) is 18.7. The number of nitrogens with one attached hydrogen (secondary N) is 1. The van der Waals surface area contributed by atoms with Gasteiger partial charge in [-0.3, -0.25) is 9.59 Å². The summed E-state index contributed by atoms with van der Waals surface area (Å²) in [5.41, 5.74) is 8.04. The van der Waals surface area contributed by atoms with Crippen LogP contribution in [0.3, 0.4) is 0 Å². The lowest BCUT2D eigenvalue weighted by molar-refractivity contribution is -0.120. The summed E-state index contributed by atoms with van der Waals surface area (Å²) >= 11 is 0.